The second-order valence-corrected chi connectivity index (χ2v) is 9.31. The molecule has 0 radical (unpaired) electrons. The number of carboxylic acid groups (broad SMARTS) is 1. The van der Waals surface area contributed by atoms with Crippen LogP contribution in [0.5, 0.6) is 5.75 Å². The Morgan fingerprint density at radius 2 is 1.91 bits per heavy atom. The lowest BCUT2D eigenvalue weighted by Crippen LogP contribution is -2.54. The van der Waals surface area contributed by atoms with Gasteiger partial charge in [0.25, 0.3) is 0 Å². The number of carbonyl (C=O) groups excluding carboxylic acids is 1. The minimum atomic E-state index is -0.950. The molecule has 0 atom stereocenters. The third kappa shape index (κ3) is 5.13. The molecule has 178 valence electrons. The highest BCUT2D eigenvalue weighted by atomic mass is 35.5. The zero-order chi connectivity index (χ0) is 24.5. The van der Waals surface area contributed by atoms with Gasteiger partial charge >= 0.3 is 6.09 Å². The maximum absolute atomic E-state index is 14.3. The van der Waals surface area contributed by atoms with Gasteiger partial charge in [-0.2, -0.15) is 0 Å². The molecule has 0 aliphatic carbocycles. The normalized spacial score (nSPS) is 14.8. The van der Waals surface area contributed by atoms with Gasteiger partial charge in [-0.15, -0.1) is 0 Å². The summed E-state index contributed by atoms with van der Waals surface area (Å²) in [7, 11) is 1.36. The molecule has 1 saturated heterocycles. The number of anilines is 1. The summed E-state index contributed by atoms with van der Waals surface area (Å²) in [6.07, 6.45) is 0.245. The van der Waals surface area contributed by atoms with Gasteiger partial charge in [0.15, 0.2) is 11.6 Å². The first-order chi connectivity index (χ1) is 15.4. The monoisotopic (exact) mass is 478 g/mol. The quantitative estimate of drug-likeness (QED) is 0.616. The standard InChI is InChI=1S/C23H28ClFN4O4/c1-23(2,3)29(22(31)32)14-7-9-28(10-8-14)18-12-15(21(26)30)19(20(24)27-18)13-5-6-17(33-4)16(25)11-13/h5-6,11-12,14H,7-10H2,1-4H3,(H2,26,30)(H,31,32). The smallest absolute Gasteiger partial charge is 0.407 e. The van der Waals surface area contributed by atoms with Crippen molar-refractivity contribution >= 4 is 29.4 Å². The third-order valence-electron chi connectivity index (χ3n) is 5.75. The molecule has 1 aliphatic rings. The molecule has 1 aromatic carbocycles. The van der Waals surface area contributed by atoms with Gasteiger partial charge in [0.1, 0.15) is 11.0 Å². The van der Waals surface area contributed by atoms with E-state index in [9.17, 15) is 19.1 Å². The van der Waals surface area contributed by atoms with Gasteiger partial charge in [-0.25, -0.2) is 14.2 Å². The lowest BCUT2D eigenvalue weighted by molar-refractivity contribution is 0.0615. The second kappa shape index (κ2) is 9.43. The number of primary amides is 1. The van der Waals surface area contributed by atoms with Crippen molar-refractivity contribution in [1.29, 1.82) is 0 Å². The van der Waals surface area contributed by atoms with Crippen LogP contribution in [-0.4, -0.2) is 58.8 Å². The average Bonchev–Trinajstić information content (AvgIpc) is 2.72. The number of carbonyl (C=O) groups is 2. The van der Waals surface area contributed by atoms with Crippen molar-refractivity contribution in [2.24, 2.45) is 5.73 Å². The second-order valence-electron chi connectivity index (χ2n) is 8.95. The first kappa shape index (κ1) is 24.6. The molecule has 33 heavy (non-hydrogen) atoms. The Hall–Kier alpha value is -3.07. The maximum Gasteiger partial charge on any atom is 0.407 e. The highest BCUT2D eigenvalue weighted by Gasteiger charge is 2.35. The summed E-state index contributed by atoms with van der Waals surface area (Å²) in [5, 5.41) is 9.69. The largest absolute Gasteiger partial charge is 0.494 e. The number of nitrogens with zero attached hydrogens (tertiary/aromatic N) is 3. The Labute approximate surface area is 197 Å². The molecular formula is C23H28ClFN4O4. The van der Waals surface area contributed by atoms with E-state index < -0.39 is 23.4 Å². The zero-order valence-electron chi connectivity index (χ0n) is 19.1. The van der Waals surface area contributed by atoms with Crippen LogP contribution in [0.15, 0.2) is 24.3 Å². The number of piperidine rings is 1. The van der Waals surface area contributed by atoms with Crippen molar-refractivity contribution in [3.05, 3.63) is 40.8 Å². The minimum Gasteiger partial charge on any atom is -0.494 e. The molecule has 1 fully saturated rings. The molecule has 1 aliphatic heterocycles. The Bertz CT molecular complexity index is 1070. The van der Waals surface area contributed by atoms with Crippen molar-refractivity contribution in [2.45, 2.75) is 45.2 Å². The fourth-order valence-corrected chi connectivity index (χ4v) is 4.60. The van der Waals surface area contributed by atoms with E-state index >= 15 is 0 Å². The number of halogens is 2. The van der Waals surface area contributed by atoms with Crippen LogP contribution in [0.3, 0.4) is 0 Å². The van der Waals surface area contributed by atoms with Crippen molar-refractivity contribution in [1.82, 2.24) is 9.88 Å². The van der Waals surface area contributed by atoms with Gasteiger partial charge in [-0.05, 0) is 57.4 Å². The topological polar surface area (TPSA) is 109 Å². The number of benzene rings is 1. The summed E-state index contributed by atoms with van der Waals surface area (Å²) < 4.78 is 19.2. The summed E-state index contributed by atoms with van der Waals surface area (Å²) >= 11 is 6.45. The summed E-state index contributed by atoms with van der Waals surface area (Å²) in [4.78, 5) is 31.9. The number of methoxy groups -OCH3 is 1. The minimum absolute atomic E-state index is 0.0230. The van der Waals surface area contributed by atoms with E-state index in [1.165, 1.54) is 24.1 Å². The molecule has 0 saturated carbocycles. The van der Waals surface area contributed by atoms with Crippen LogP contribution in [0.25, 0.3) is 11.1 Å². The van der Waals surface area contributed by atoms with Crippen molar-refractivity contribution in [3.8, 4) is 16.9 Å². The highest BCUT2D eigenvalue weighted by Crippen LogP contribution is 2.36. The Kier molecular flexibility index (Phi) is 7.02. The van der Waals surface area contributed by atoms with E-state index in [0.717, 1.165) is 0 Å². The number of aromatic nitrogens is 1. The van der Waals surface area contributed by atoms with Gasteiger partial charge in [0, 0.05) is 30.2 Å². The summed E-state index contributed by atoms with van der Waals surface area (Å²) in [6.45, 7) is 6.67. The molecule has 0 bridgehead atoms. The van der Waals surface area contributed by atoms with Gasteiger partial charge in [0.05, 0.1) is 12.7 Å². The molecule has 3 N–H and O–H groups in total. The highest BCUT2D eigenvalue weighted by molar-refractivity contribution is 6.33. The molecule has 3 rings (SSSR count). The van der Waals surface area contributed by atoms with Crippen LogP contribution in [0, 0.1) is 5.82 Å². The first-order valence-corrected chi connectivity index (χ1v) is 10.9. The molecule has 2 aromatic rings. The number of ether oxygens (including phenoxy) is 1. The van der Waals surface area contributed by atoms with Crippen LogP contribution in [0.4, 0.5) is 15.0 Å². The van der Waals surface area contributed by atoms with E-state index in [1.54, 1.807) is 12.1 Å². The molecular weight excluding hydrogens is 451 g/mol. The number of hydrogen-bond acceptors (Lipinski definition) is 5. The van der Waals surface area contributed by atoms with Gasteiger partial charge < -0.3 is 25.4 Å². The Morgan fingerprint density at radius 1 is 1.27 bits per heavy atom. The molecule has 2 heterocycles. The average molecular weight is 479 g/mol. The predicted octanol–water partition coefficient (Wildman–Crippen LogP) is 4.40. The number of nitrogens with two attached hydrogens (primary N) is 1. The Morgan fingerprint density at radius 3 is 2.39 bits per heavy atom. The lowest BCUT2D eigenvalue weighted by atomic mass is 9.96. The number of hydrogen-bond donors (Lipinski definition) is 2. The SMILES string of the molecule is COc1ccc(-c2c(C(N)=O)cc(N3CCC(N(C(=O)O)C(C)(C)C)CC3)nc2Cl)cc1F. The lowest BCUT2D eigenvalue weighted by Gasteiger charge is -2.43. The van der Waals surface area contributed by atoms with Gasteiger partial charge in [-0.1, -0.05) is 17.7 Å². The van der Waals surface area contributed by atoms with Gasteiger partial charge in [-0.3, -0.25) is 4.79 Å². The fraction of sp³-hybridized carbons (Fsp3) is 0.435. The zero-order valence-corrected chi connectivity index (χ0v) is 19.8. The summed E-state index contributed by atoms with van der Waals surface area (Å²) in [5.74, 6) is -0.794. The molecule has 1 aromatic heterocycles. The fourth-order valence-electron chi connectivity index (χ4n) is 4.30. The third-order valence-corrected chi connectivity index (χ3v) is 6.02. The van der Waals surface area contributed by atoms with E-state index in [0.29, 0.717) is 37.3 Å². The maximum atomic E-state index is 14.3. The van der Waals surface area contributed by atoms with Crippen molar-refractivity contribution in [3.63, 3.8) is 0 Å². The van der Waals surface area contributed by atoms with Crippen LogP contribution >= 0.6 is 11.6 Å². The van der Waals surface area contributed by atoms with Crippen LogP contribution in [-0.2, 0) is 0 Å². The summed E-state index contributed by atoms with van der Waals surface area (Å²) in [5.41, 5.74) is 5.82. The molecule has 10 heteroatoms. The van der Waals surface area contributed by atoms with E-state index in [-0.39, 0.29) is 28.1 Å². The molecule has 8 nitrogen and oxygen atoms in total. The molecule has 2 amide bonds. The van der Waals surface area contributed by atoms with Crippen LogP contribution in [0.2, 0.25) is 5.15 Å². The predicted molar refractivity (Wildman–Crippen MR) is 125 cm³/mol. The molecule has 0 spiro atoms. The van der Waals surface area contributed by atoms with E-state index in [2.05, 4.69) is 4.98 Å². The molecule has 0 unspecified atom stereocenters. The van der Waals surface area contributed by atoms with Crippen LogP contribution in [0.1, 0.15) is 44.0 Å². The van der Waals surface area contributed by atoms with Crippen LogP contribution < -0.4 is 15.4 Å². The van der Waals surface area contributed by atoms with E-state index in [4.69, 9.17) is 22.1 Å². The first-order valence-electron chi connectivity index (χ1n) is 10.6. The summed E-state index contributed by atoms with van der Waals surface area (Å²) in [6, 6.07) is 5.65. The number of amides is 2. The Balaban J connectivity index is 1.90. The number of pyridine rings is 1. The number of rotatable bonds is 5. The van der Waals surface area contributed by atoms with E-state index in [1.807, 2.05) is 25.7 Å². The van der Waals surface area contributed by atoms with Gasteiger partial charge in [0.2, 0.25) is 5.91 Å². The van der Waals surface area contributed by atoms with Crippen molar-refractivity contribution < 1.29 is 23.8 Å². The van der Waals surface area contributed by atoms with Crippen molar-refractivity contribution in [2.75, 3.05) is 25.1 Å².